The molecule has 1 aliphatic heterocycles. The maximum Gasteiger partial charge on any atom is 0.393 e. The molecule has 1 aromatic carbocycles. The van der Waals surface area contributed by atoms with Gasteiger partial charge in [0.15, 0.2) is 0 Å². The van der Waals surface area contributed by atoms with Crippen LogP contribution in [-0.2, 0) is 12.0 Å². The van der Waals surface area contributed by atoms with Crippen molar-refractivity contribution in [3.8, 4) is 11.4 Å². The molecule has 0 bridgehead atoms. The Hall–Kier alpha value is -2.78. The quantitative estimate of drug-likeness (QED) is 0.684. The smallest absolute Gasteiger partial charge is 0.380 e. The van der Waals surface area contributed by atoms with Crippen LogP contribution in [0, 0.1) is 5.41 Å². The Kier molecular flexibility index (Phi) is 4.90. The van der Waals surface area contributed by atoms with Crippen molar-refractivity contribution < 1.29 is 22.8 Å². The minimum atomic E-state index is -4.29. The molecule has 0 aliphatic carbocycles. The predicted octanol–water partition coefficient (Wildman–Crippen LogP) is 3.42. The SMILES string of the molecule is CN1CC(C)([C@](O)(c2ccc(CC(F)(F)F)cc2)c2cncc(-c3ncon3)c2)C1. The van der Waals surface area contributed by atoms with Gasteiger partial charge in [0.1, 0.15) is 5.60 Å². The molecule has 1 fully saturated rings. The number of pyridine rings is 1. The molecule has 0 spiro atoms. The molecule has 1 aliphatic rings. The summed E-state index contributed by atoms with van der Waals surface area (Å²) in [6.07, 6.45) is -0.965. The Labute approximate surface area is 171 Å². The van der Waals surface area contributed by atoms with E-state index in [2.05, 4.69) is 20.0 Å². The lowest BCUT2D eigenvalue weighted by molar-refractivity contribution is -0.128. The average molecular weight is 418 g/mol. The second-order valence-electron chi connectivity index (χ2n) is 8.15. The van der Waals surface area contributed by atoms with E-state index in [4.69, 9.17) is 4.52 Å². The van der Waals surface area contributed by atoms with Gasteiger partial charge in [-0.3, -0.25) is 4.98 Å². The van der Waals surface area contributed by atoms with Crippen LogP contribution >= 0.6 is 0 Å². The first-order chi connectivity index (χ1) is 14.1. The number of hydrogen-bond acceptors (Lipinski definition) is 6. The topological polar surface area (TPSA) is 75.3 Å². The zero-order valence-corrected chi connectivity index (χ0v) is 16.5. The van der Waals surface area contributed by atoms with E-state index < -0.39 is 23.6 Å². The molecule has 30 heavy (non-hydrogen) atoms. The molecule has 0 amide bonds. The molecule has 0 unspecified atom stereocenters. The van der Waals surface area contributed by atoms with Crippen molar-refractivity contribution in [3.05, 3.63) is 65.8 Å². The molecule has 9 heteroatoms. The second-order valence-corrected chi connectivity index (χ2v) is 8.15. The lowest BCUT2D eigenvalue weighted by Gasteiger charge is -2.55. The lowest BCUT2D eigenvalue weighted by Crippen LogP contribution is -2.63. The number of alkyl halides is 3. The number of hydrogen-bond donors (Lipinski definition) is 1. The molecule has 3 heterocycles. The summed E-state index contributed by atoms with van der Waals surface area (Å²) in [6, 6.07) is 7.69. The summed E-state index contributed by atoms with van der Waals surface area (Å²) in [6.45, 7) is 3.18. The van der Waals surface area contributed by atoms with Gasteiger partial charge in [0.25, 0.3) is 0 Å². The third-order valence-corrected chi connectivity index (χ3v) is 5.66. The molecular formula is C21H21F3N4O2. The molecule has 3 aromatic rings. The van der Waals surface area contributed by atoms with Crippen molar-refractivity contribution >= 4 is 0 Å². The van der Waals surface area contributed by atoms with E-state index in [1.165, 1.54) is 18.5 Å². The minimum absolute atomic E-state index is 0.142. The highest BCUT2D eigenvalue weighted by Gasteiger charge is 2.55. The summed E-state index contributed by atoms with van der Waals surface area (Å²) < 4.78 is 43.0. The van der Waals surface area contributed by atoms with Crippen LogP contribution in [0.2, 0.25) is 0 Å². The summed E-state index contributed by atoms with van der Waals surface area (Å²) in [5.41, 5.74) is -0.290. The van der Waals surface area contributed by atoms with Crippen LogP contribution in [-0.4, -0.2) is 51.4 Å². The Bertz CT molecular complexity index is 1020. The van der Waals surface area contributed by atoms with Crippen LogP contribution in [0.1, 0.15) is 23.6 Å². The minimum Gasteiger partial charge on any atom is -0.380 e. The van der Waals surface area contributed by atoms with Gasteiger partial charge in [0, 0.05) is 42.0 Å². The van der Waals surface area contributed by atoms with Crippen molar-refractivity contribution in [3.63, 3.8) is 0 Å². The maximum absolute atomic E-state index is 12.7. The summed E-state index contributed by atoms with van der Waals surface area (Å²) in [7, 11) is 1.95. The van der Waals surface area contributed by atoms with E-state index in [0.717, 1.165) is 0 Å². The number of aliphatic hydroxyl groups is 1. The first kappa shape index (κ1) is 20.5. The Morgan fingerprint density at radius 3 is 2.40 bits per heavy atom. The number of rotatable bonds is 5. The summed E-state index contributed by atoms with van der Waals surface area (Å²) in [5.74, 6) is 0.336. The van der Waals surface area contributed by atoms with Gasteiger partial charge in [-0.15, -0.1) is 0 Å². The standard InChI is InChI=1S/C21H21F3N4O2/c1-19(11-28(2)12-19)21(29,16-5-3-14(4-6-16)8-20(22,23)24)17-7-15(9-25-10-17)18-26-13-30-27-18/h3-7,9-10,13,29H,8,11-12H2,1-2H3/t21-/m0/s1. The van der Waals surface area contributed by atoms with Crippen LogP contribution in [0.25, 0.3) is 11.4 Å². The Balaban J connectivity index is 1.78. The zero-order chi connectivity index (χ0) is 21.6. The molecule has 158 valence electrons. The molecule has 1 saturated heterocycles. The van der Waals surface area contributed by atoms with Gasteiger partial charge in [-0.1, -0.05) is 36.3 Å². The zero-order valence-electron chi connectivity index (χ0n) is 16.5. The molecule has 2 aromatic heterocycles. The molecule has 1 N–H and O–H groups in total. The van der Waals surface area contributed by atoms with Crippen LogP contribution < -0.4 is 0 Å². The van der Waals surface area contributed by atoms with Crippen molar-refractivity contribution in [2.45, 2.75) is 25.1 Å². The lowest BCUT2D eigenvalue weighted by atomic mass is 9.62. The molecule has 0 radical (unpaired) electrons. The first-order valence-electron chi connectivity index (χ1n) is 9.40. The van der Waals surface area contributed by atoms with Gasteiger partial charge < -0.3 is 14.5 Å². The fourth-order valence-electron chi connectivity index (χ4n) is 4.39. The summed E-state index contributed by atoms with van der Waals surface area (Å²) in [5, 5.41) is 15.9. The third-order valence-electron chi connectivity index (χ3n) is 5.66. The second kappa shape index (κ2) is 7.17. The molecule has 6 nitrogen and oxygen atoms in total. The first-order valence-corrected chi connectivity index (χ1v) is 9.40. The maximum atomic E-state index is 12.7. The van der Waals surface area contributed by atoms with Gasteiger partial charge >= 0.3 is 6.18 Å². The number of halogens is 3. The highest BCUT2D eigenvalue weighted by molar-refractivity contribution is 5.55. The van der Waals surface area contributed by atoms with Crippen molar-refractivity contribution in [1.82, 2.24) is 20.0 Å². The summed E-state index contributed by atoms with van der Waals surface area (Å²) in [4.78, 5) is 10.3. The number of likely N-dealkylation sites (tertiary alicyclic amines) is 1. The largest absolute Gasteiger partial charge is 0.393 e. The van der Waals surface area contributed by atoms with Crippen LogP contribution in [0.3, 0.4) is 0 Å². The number of aromatic nitrogens is 3. The van der Waals surface area contributed by atoms with Gasteiger partial charge in [-0.2, -0.15) is 18.2 Å². The number of nitrogens with zero attached hydrogens (tertiary/aromatic N) is 4. The average Bonchev–Trinajstić information content (AvgIpc) is 3.20. The van der Waals surface area contributed by atoms with Crippen LogP contribution in [0.15, 0.2) is 53.6 Å². The molecule has 0 saturated carbocycles. The van der Waals surface area contributed by atoms with E-state index in [1.807, 2.05) is 14.0 Å². The van der Waals surface area contributed by atoms with Gasteiger partial charge in [0.05, 0.1) is 6.42 Å². The van der Waals surface area contributed by atoms with E-state index in [0.29, 0.717) is 35.6 Å². The fourth-order valence-corrected chi connectivity index (χ4v) is 4.39. The third kappa shape index (κ3) is 3.59. The monoisotopic (exact) mass is 418 g/mol. The highest BCUT2D eigenvalue weighted by Crippen LogP contribution is 2.50. The molecular weight excluding hydrogens is 397 g/mol. The van der Waals surface area contributed by atoms with Crippen molar-refractivity contribution in [2.24, 2.45) is 5.41 Å². The fraction of sp³-hybridized carbons (Fsp3) is 0.381. The van der Waals surface area contributed by atoms with E-state index in [-0.39, 0.29) is 5.56 Å². The van der Waals surface area contributed by atoms with Gasteiger partial charge in [-0.05, 0) is 24.2 Å². The Morgan fingerprint density at radius 1 is 1.13 bits per heavy atom. The predicted molar refractivity (Wildman–Crippen MR) is 102 cm³/mol. The van der Waals surface area contributed by atoms with Crippen LogP contribution in [0.5, 0.6) is 0 Å². The van der Waals surface area contributed by atoms with E-state index in [1.54, 1.807) is 30.6 Å². The normalized spacial score (nSPS) is 18.6. The van der Waals surface area contributed by atoms with Crippen molar-refractivity contribution in [2.75, 3.05) is 20.1 Å². The number of benzene rings is 1. The molecule has 1 atom stereocenters. The van der Waals surface area contributed by atoms with Crippen LogP contribution in [0.4, 0.5) is 13.2 Å². The highest BCUT2D eigenvalue weighted by atomic mass is 19.4. The summed E-state index contributed by atoms with van der Waals surface area (Å²) >= 11 is 0. The van der Waals surface area contributed by atoms with E-state index >= 15 is 0 Å². The Morgan fingerprint density at radius 2 is 1.83 bits per heavy atom. The van der Waals surface area contributed by atoms with Gasteiger partial charge in [0.2, 0.25) is 12.2 Å². The van der Waals surface area contributed by atoms with Crippen molar-refractivity contribution in [1.29, 1.82) is 0 Å². The van der Waals surface area contributed by atoms with Gasteiger partial charge in [-0.25, -0.2) is 0 Å². The van der Waals surface area contributed by atoms with E-state index in [9.17, 15) is 18.3 Å². The molecule has 4 rings (SSSR count).